The first-order valence-corrected chi connectivity index (χ1v) is 5.02. The molecule has 1 aliphatic heterocycles. The molecule has 86 valence electrons. The summed E-state index contributed by atoms with van der Waals surface area (Å²) in [5.41, 5.74) is -0.922. The summed E-state index contributed by atoms with van der Waals surface area (Å²) in [6.07, 6.45) is 0.722. The van der Waals surface area contributed by atoms with Gasteiger partial charge in [-0.1, -0.05) is 0 Å². The summed E-state index contributed by atoms with van der Waals surface area (Å²) in [7, 11) is 0. The van der Waals surface area contributed by atoms with E-state index in [1.807, 2.05) is 0 Å². The van der Waals surface area contributed by atoms with Gasteiger partial charge in [0.1, 0.15) is 0 Å². The summed E-state index contributed by atoms with van der Waals surface area (Å²) >= 11 is 0. The number of ether oxygens (including phenoxy) is 1. The second-order valence-corrected chi connectivity index (χ2v) is 4.47. The SMILES string of the molecule is CC(C)(CNC(=O)C1CCOC1)C(=O)O. The Bertz CT molecular complexity index is 256. The van der Waals surface area contributed by atoms with E-state index in [1.165, 1.54) is 0 Å². The maximum atomic E-state index is 11.5. The van der Waals surface area contributed by atoms with Crippen molar-refractivity contribution >= 4 is 11.9 Å². The molecule has 1 amide bonds. The average Bonchev–Trinajstić information content (AvgIpc) is 2.66. The zero-order valence-electron chi connectivity index (χ0n) is 9.08. The van der Waals surface area contributed by atoms with Crippen LogP contribution in [-0.4, -0.2) is 36.7 Å². The number of amides is 1. The molecule has 1 saturated heterocycles. The van der Waals surface area contributed by atoms with Crippen molar-refractivity contribution in [3.63, 3.8) is 0 Å². The Balaban J connectivity index is 2.36. The minimum atomic E-state index is -0.922. The van der Waals surface area contributed by atoms with Gasteiger partial charge in [-0.2, -0.15) is 0 Å². The van der Waals surface area contributed by atoms with Crippen LogP contribution in [0.1, 0.15) is 20.3 Å². The molecule has 0 radical (unpaired) electrons. The molecular formula is C10H17NO4. The van der Waals surface area contributed by atoms with Gasteiger partial charge in [0, 0.05) is 13.2 Å². The maximum Gasteiger partial charge on any atom is 0.310 e. The van der Waals surface area contributed by atoms with Gasteiger partial charge >= 0.3 is 5.97 Å². The molecule has 1 unspecified atom stereocenters. The van der Waals surface area contributed by atoms with Gasteiger partial charge in [0.25, 0.3) is 0 Å². The van der Waals surface area contributed by atoms with Gasteiger partial charge in [0.05, 0.1) is 17.9 Å². The summed E-state index contributed by atoms with van der Waals surface area (Å²) in [6.45, 7) is 4.37. The second-order valence-electron chi connectivity index (χ2n) is 4.47. The number of rotatable bonds is 4. The van der Waals surface area contributed by atoms with Crippen LogP contribution in [-0.2, 0) is 14.3 Å². The smallest absolute Gasteiger partial charge is 0.310 e. The van der Waals surface area contributed by atoms with Crippen molar-refractivity contribution < 1.29 is 19.4 Å². The third-order valence-corrected chi connectivity index (χ3v) is 2.58. The number of aliphatic carboxylic acids is 1. The number of carbonyl (C=O) groups excluding carboxylic acids is 1. The molecular weight excluding hydrogens is 198 g/mol. The fourth-order valence-electron chi connectivity index (χ4n) is 1.27. The van der Waals surface area contributed by atoms with Gasteiger partial charge in [0.2, 0.25) is 5.91 Å². The Morgan fingerprint density at radius 2 is 2.20 bits per heavy atom. The molecule has 0 spiro atoms. The number of nitrogens with one attached hydrogen (secondary N) is 1. The van der Waals surface area contributed by atoms with E-state index in [4.69, 9.17) is 9.84 Å². The number of carboxylic acid groups (broad SMARTS) is 1. The van der Waals surface area contributed by atoms with Gasteiger partial charge in [0.15, 0.2) is 0 Å². The maximum absolute atomic E-state index is 11.5. The van der Waals surface area contributed by atoms with E-state index in [0.29, 0.717) is 13.2 Å². The third-order valence-electron chi connectivity index (χ3n) is 2.58. The summed E-state index contributed by atoms with van der Waals surface area (Å²) in [4.78, 5) is 22.3. The Labute approximate surface area is 88.8 Å². The first kappa shape index (κ1) is 12.0. The van der Waals surface area contributed by atoms with Crippen molar-refractivity contribution in [3.05, 3.63) is 0 Å². The summed E-state index contributed by atoms with van der Waals surface area (Å²) in [5, 5.41) is 11.5. The van der Waals surface area contributed by atoms with Crippen molar-refractivity contribution in [2.24, 2.45) is 11.3 Å². The number of hydrogen-bond acceptors (Lipinski definition) is 3. The molecule has 2 N–H and O–H groups in total. The van der Waals surface area contributed by atoms with E-state index in [2.05, 4.69) is 5.32 Å². The van der Waals surface area contributed by atoms with Crippen LogP contribution in [0.4, 0.5) is 0 Å². The predicted molar refractivity (Wildman–Crippen MR) is 53.4 cm³/mol. The number of carbonyl (C=O) groups is 2. The van der Waals surface area contributed by atoms with Crippen LogP contribution in [0.3, 0.4) is 0 Å². The van der Waals surface area contributed by atoms with E-state index in [1.54, 1.807) is 13.8 Å². The van der Waals surface area contributed by atoms with Crippen molar-refractivity contribution in [1.82, 2.24) is 5.32 Å². The van der Waals surface area contributed by atoms with Crippen molar-refractivity contribution in [2.75, 3.05) is 19.8 Å². The highest BCUT2D eigenvalue weighted by Gasteiger charge is 2.30. The molecule has 0 aliphatic carbocycles. The van der Waals surface area contributed by atoms with Crippen molar-refractivity contribution in [2.45, 2.75) is 20.3 Å². The highest BCUT2D eigenvalue weighted by Crippen LogP contribution is 2.15. The molecule has 0 aromatic rings. The molecule has 1 aliphatic rings. The largest absolute Gasteiger partial charge is 0.481 e. The van der Waals surface area contributed by atoms with E-state index in [0.717, 1.165) is 6.42 Å². The lowest BCUT2D eigenvalue weighted by molar-refractivity contribution is -0.146. The normalized spacial score (nSPS) is 21.3. The molecule has 0 bridgehead atoms. The lowest BCUT2D eigenvalue weighted by atomic mass is 9.93. The molecule has 1 rings (SSSR count). The average molecular weight is 215 g/mol. The zero-order valence-corrected chi connectivity index (χ0v) is 9.08. The minimum Gasteiger partial charge on any atom is -0.481 e. The lowest BCUT2D eigenvalue weighted by Crippen LogP contribution is -2.41. The fraction of sp³-hybridized carbons (Fsp3) is 0.800. The van der Waals surface area contributed by atoms with E-state index in [-0.39, 0.29) is 18.4 Å². The van der Waals surface area contributed by atoms with Crippen LogP contribution in [0.25, 0.3) is 0 Å². The second kappa shape index (κ2) is 4.61. The third kappa shape index (κ3) is 3.20. The Morgan fingerprint density at radius 3 is 2.67 bits per heavy atom. The van der Waals surface area contributed by atoms with Crippen LogP contribution in [0.15, 0.2) is 0 Å². The summed E-state index contributed by atoms with van der Waals surface area (Å²) in [6, 6.07) is 0. The van der Waals surface area contributed by atoms with Gasteiger partial charge in [-0.25, -0.2) is 0 Å². The molecule has 1 fully saturated rings. The topological polar surface area (TPSA) is 75.6 Å². The first-order valence-electron chi connectivity index (χ1n) is 5.02. The van der Waals surface area contributed by atoms with E-state index < -0.39 is 11.4 Å². The Kier molecular flexibility index (Phi) is 3.68. The zero-order chi connectivity index (χ0) is 11.5. The molecule has 15 heavy (non-hydrogen) atoms. The predicted octanol–water partition coefficient (Wildman–Crippen LogP) is 0.250. The molecule has 1 atom stereocenters. The van der Waals surface area contributed by atoms with Gasteiger partial charge in [-0.15, -0.1) is 0 Å². The summed E-state index contributed by atoms with van der Waals surface area (Å²) in [5.74, 6) is -1.14. The Morgan fingerprint density at radius 1 is 1.53 bits per heavy atom. The number of hydrogen-bond donors (Lipinski definition) is 2. The van der Waals surface area contributed by atoms with Crippen molar-refractivity contribution in [3.8, 4) is 0 Å². The van der Waals surface area contributed by atoms with Crippen molar-refractivity contribution in [1.29, 1.82) is 0 Å². The summed E-state index contributed by atoms with van der Waals surface area (Å²) < 4.78 is 5.08. The van der Waals surface area contributed by atoms with Crippen LogP contribution in [0, 0.1) is 11.3 Å². The monoisotopic (exact) mass is 215 g/mol. The molecule has 0 saturated carbocycles. The molecule has 5 heteroatoms. The van der Waals surface area contributed by atoms with Crippen LogP contribution < -0.4 is 5.32 Å². The molecule has 0 aromatic heterocycles. The van der Waals surface area contributed by atoms with Gasteiger partial charge in [-0.3, -0.25) is 9.59 Å². The van der Waals surface area contributed by atoms with E-state index in [9.17, 15) is 9.59 Å². The highest BCUT2D eigenvalue weighted by atomic mass is 16.5. The Hall–Kier alpha value is -1.10. The molecule has 1 heterocycles. The van der Waals surface area contributed by atoms with Gasteiger partial charge < -0.3 is 15.2 Å². The molecule has 5 nitrogen and oxygen atoms in total. The quantitative estimate of drug-likeness (QED) is 0.705. The minimum absolute atomic E-state index is 0.109. The van der Waals surface area contributed by atoms with Crippen LogP contribution in [0.5, 0.6) is 0 Å². The van der Waals surface area contributed by atoms with Crippen LogP contribution in [0.2, 0.25) is 0 Å². The fourth-order valence-corrected chi connectivity index (χ4v) is 1.27. The van der Waals surface area contributed by atoms with Gasteiger partial charge in [-0.05, 0) is 20.3 Å². The number of carboxylic acids is 1. The lowest BCUT2D eigenvalue weighted by Gasteiger charge is -2.20. The standard InChI is InChI=1S/C10H17NO4/c1-10(2,9(13)14)6-11-8(12)7-3-4-15-5-7/h7H,3-6H2,1-2H3,(H,11,12)(H,13,14). The van der Waals surface area contributed by atoms with E-state index >= 15 is 0 Å². The first-order chi connectivity index (χ1) is 6.93. The molecule has 0 aromatic carbocycles. The van der Waals surface area contributed by atoms with Crippen LogP contribution >= 0.6 is 0 Å². The highest BCUT2D eigenvalue weighted by molar-refractivity contribution is 5.80.